The highest BCUT2D eigenvalue weighted by Crippen LogP contribution is 2.36. The molecule has 0 radical (unpaired) electrons. The van der Waals surface area contributed by atoms with Crippen LogP contribution in [0.1, 0.15) is 15.2 Å². The van der Waals surface area contributed by atoms with E-state index in [2.05, 4.69) is 15.5 Å². The van der Waals surface area contributed by atoms with Crippen molar-refractivity contribution in [1.82, 2.24) is 10.2 Å². The summed E-state index contributed by atoms with van der Waals surface area (Å²) in [5.41, 5.74) is 0.985. The smallest absolute Gasteiger partial charge is 0.269 e. The number of nitrogens with one attached hydrogen (secondary N) is 1. The van der Waals surface area contributed by atoms with Gasteiger partial charge < -0.3 is 0 Å². The Bertz CT molecular complexity index is 1110. The molecule has 4 nitrogen and oxygen atoms in total. The van der Waals surface area contributed by atoms with E-state index in [1.54, 1.807) is 12.1 Å². The lowest BCUT2D eigenvalue weighted by atomic mass is 10.2. The van der Waals surface area contributed by atoms with Crippen LogP contribution in [0, 0.1) is 5.82 Å². The number of halogens is 2. The second-order valence-corrected chi connectivity index (χ2v) is 9.11. The maximum absolute atomic E-state index is 12.9. The number of carbonyl (C=O) groups is 1. The molecule has 27 heavy (non-hydrogen) atoms. The molecule has 4 rings (SSSR count). The molecule has 1 amide bonds. The quantitative estimate of drug-likeness (QED) is 0.304. The summed E-state index contributed by atoms with van der Waals surface area (Å²) in [6.07, 6.45) is 0. The minimum Gasteiger partial charge on any atom is -0.296 e. The molecule has 0 spiro atoms. The Hall–Kier alpha value is -2.00. The minimum atomic E-state index is -0.299. The van der Waals surface area contributed by atoms with Crippen molar-refractivity contribution in [1.29, 1.82) is 0 Å². The lowest BCUT2D eigenvalue weighted by Gasteiger charge is -1.99. The van der Waals surface area contributed by atoms with Gasteiger partial charge in [-0.05, 0) is 23.8 Å². The van der Waals surface area contributed by atoms with Crippen molar-refractivity contribution >= 4 is 67.2 Å². The van der Waals surface area contributed by atoms with E-state index in [1.807, 2.05) is 24.3 Å². The Morgan fingerprint density at radius 3 is 2.67 bits per heavy atom. The Balaban J connectivity index is 1.43. The third kappa shape index (κ3) is 4.14. The summed E-state index contributed by atoms with van der Waals surface area (Å²) in [6.45, 7) is 0. The van der Waals surface area contributed by atoms with Gasteiger partial charge in [0.25, 0.3) is 5.91 Å². The number of hydrogen-bond donors (Lipinski definition) is 1. The molecule has 0 aliphatic rings. The normalized spacial score (nSPS) is 11.0. The summed E-state index contributed by atoms with van der Waals surface area (Å²) in [5.74, 6) is 0.0855. The molecule has 0 fully saturated rings. The fraction of sp³-hybridized carbons (Fsp3) is 0.0556. The van der Waals surface area contributed by atoms with Gasteiger partial charge in [0, 0.05) is 15.8 Å². The van der Waals surface area contributed by atoms with Crippen molar-refractivity contribution in [2.45, 2.75) is 10.1 Å². The average Bonchev–Trinajstić information content (AvgIpc) is 3.26. The topological polar surface area (TPSA) is 54.9 Å². The molecular formula is C18H11ClFN3OS3. The highest BCUT2D eigenvalue weighted by Gasteiger charge is 2.18. The lowest BCUT2D eigenvalue weighted by molar-refractivity contribution is 0.103. The molecule has 1 N–H and O–H groups in total. The molecule has 0 atom stereocenters. The van der Waals surface area contributed by atoms with Gasteiger partial charge in [0.15, 0.2) is 4.34 Å². The molecule has 0 unspecified atom stereocenters. The van der Waals surface area contributed by atoms with E-state index in [4.69, 9.17) is 11.6 Å². The zero-order chi connectivity index (χ0) is 18.8. The number of carbonyl (C=O) groups excluding carboxylic acids is 1. The number of hydrogen-bond acceptors (Lipinski definition) is 6. The molecule has 9 heteroatoms. The van der Waals surface area contributed by atoms with Gasteiger partial charge in [-0.2, -0.15) is 0 Å². The first-order valence-corrected chi connectivity index (χ1v) is 10.8. The minimum absolute atomic E-state index is 0.260. The van der Waals surface area contributed by atoms with E-state index in [-0.39, 0.29) is 11.7 Å². The monoisotopic (exact) mass is 435 g/mol. The van der Waals surface area contributed by atoms with Crippen LogP contribution in [0.15, 0.2) is 52.9 Å². The van der Waals surface area contributed by atoms with Crippen LogP contribution >= 0.6 is 46.0 Å². The summed E-state index contributed by atoms with van der Waals surface area (Å²) in [6, 6.07) is 13.9. The molecule has 0 saturated carbocycles. The van der Waals surface area contributed by atoms with E-state index >= 15 is 0 Å². The number of benzene rings is 2. The number of rotatable bonds is 5. The fourth-order valence-corrected chi connectivity index (χ4v) is 5.47. The van der Waals surface area contributed by atoms with Gasteiger partial charge >= 0.3 is 0 Å². The first-order chi connectivity index (χ1) is 13.1. The number of aromatic nitrogens is 2. The van der Waals surface area contributed by atoms with Crippen LogP contribution < -0.4 is 5.32 Å². The number of thioether (sulfide) groups is 1. The third-order valence-electron chi connectivity index (χ3n) is 3.64. The van der Waals surface area contributed by atoms with Crippen molar-refractivity contribution in [2.75, 3.05) is 5.32 Å². The number of anilines is 1. The summed E-state index contributed by atoms with van der Waals surface area (Å²) < 4.78 is 14.6. The van der Waals surface area contributed by atoms with Crippen molar-refractivity contribution in [3.8, 4) is 0 Å². The van der Waals surface area contributed by atoms with E-state index in [0.29, 0.717) is 20.8 Å². The summed E-state index contributed by atoms with van der Waals surface area (Å²) >= 11 is 10.4. The van der Waals surface area contributed by atoms with Gasteiger partial charge in [0.05, 0.1) is 5.02 Å². The standard InChI is InChI=1S/C18H11ClFN3OS3/c19-14-12-3-1-2-4-13(12)26-15(14)16(24)21-17-22-23-18(27-17)25-9-10-5-7-11(20)8-6-10/h1-8H,9H2,(H,21,22,24). The molecule has 0 bridgehead atoms. The number of nitrogens with zero attached hydrogens (tertiary/aromatic N) is 2. The predicted molar refractivity (Wildman–Crippen MR) is 111 cm³/mol. The molecule has 2 heterocycles. The van der Waals surface area contributed by atoms with Gasteiger partial charge in [-0.25, -0.2) is 4.39 Å². The molecule has 136 valence electrons. The SMILES string of the molecule is O=C(Nc1nnc(SCc2ccc(F)cc2)s1)c1sc2ccccc2c1Cl. The van der Waals surface area contributed by atoms with Crippen molar-refractivity contribution in [2.24, 2.45) is 0 Å². The van der Waals surface area contributed by atoms with Gasteiger partial charge in [-0.15, -0.1) is 21.5 Å². The molecular weight excluding hydrogens is 425 g/mol. The molecule has 2 aromatic carbocycles. The van der Waals surface area contributed by atoms with Crippen molar-refractivity contribution < 1.29 is 9.18 Å². The predicted octanol–water partition coefficient (Wildman–Crippen LogP) is 6.09. The van der Waals surface area contributed by atoms with Crippen LogP contribution in [0.4, 0.5) is 9.52 Å². The van der Waals surface area contributed by atoms with Crippen LogP contribution in [0.5, 0.6) is 0 Å². The number of amides is 1. The Morgan fingerprint density at radius 1 is 1.11 bits per heavy atom. The molecule has 0 saturated heterocycles. The second kappa shape index (κ2) is 7.93. The highest BCUT2D eigenvalue weighted by molar-refractivity contribution is 8.00. The third-order valence-corrected chi connectivity index (χ3v) is 7.36. The average molecular weight is 436 g/mol. The maximum atomic E-state index is 12.9. The summed E-state index contributed by atoms with van der Waals surface area (Å²) in [7, 11) is 0. The first kappa shape index (κ1) is 18.4. The lowest BCUT2D eigenvalue weighted by Crippen LogP contribution is -2.10. The zero-order valence-corrected chi connectivity index (χ0v) is 16.8. The van der Waals surface area contributed by atoms with Gasteiger partial charge in [-0.1, -0.05) is 65.0 Å². The van der Waals surface area contributed by atoms with E-state index < -0.39 is 0 Å². The Labute approximate surface area is 171 Å². The molecule has 4 aromatic rings. The van der Waals surface area contributed by atoms with Gasteiger partial charge in [-0.3, -0.25) is 10.1 Å². The Morgan fingerprint density at radius 2 is 1.89 bits per heavy atom. The maximum Gasteiger partial charge on any atom is 0.269 e. The molecule has 0 aliphatic heterocycles. The number of thiophene rings is 1. The summed E-state index contributed by atoms with van der Waals surface area (Å²) in [5, 5.41) is 12.6. The van der Waals surface area contributed by atoms with E-state index in [1.165, 1.54) is 46.6 Å². The van der Waals surface area contributed by atoms with Crippen LogP contribution in [0.3, 0.4) is 0 Å². The molecule has 2 aromatic heterocycles. The van der Waals surface area contributed by atoms with E-state index in [9.17, 15) is 9.18 Å². The van der Waals surface area contributed by atoms with E-state index in [0.717, 1.165) is 20.0 Å². The van der Waals surface area contributed by atoms with Gasteiger partial charge in [0.2, 0.25) is 5.13 Å². The molecule has 0 aliphatic carbocycles. The fourth-order valence-electron chi connectivity index (χ4n) is 2.36. The van der Waals surface area contributed by atoms with Crippen molar-refractivity contribution in [3.05, 3.63) is 69.8 Å². The largest absolute Gasteiger partial charge is 0.296 e. The second-order valence-electron chi connectivity index (χ2n) is 5.48. The Kier molecular flexibility index (Phi) is 5.40. The summed E-state index contributed by atoms with van der Waals surface area (Å²) in [4.78, 5) is 13.0. The van der Waals surface area contributed by atoms with Crippen LogP contribution in [-0.4, -0.2) is 16.1 Å². The van der Waals surface area contributed by atoms with Crippen LogP contribution in [0.2, 0.25) is 5.02 Å². The first-order valence-electron chi connectivity index (χ1n) is 7.79. The van der Waals surface area contributed by atoms with Crippen LogP contribution in [0.25, 0.3) is 10.1 Å². The zero-order valence-electron chi connectivity index (χ0n) is 13.6. The van der Waals surface area contributed by atoms with Crippen molar-refractivity contribution in [3.63, 3.8) is 0 Å². The van der Waals surface area contributed by atoms with Crippen LogP contribution in [-0.2, 0) is 5.75 Å². The van der Waals surface area contributed by atoms with Gasteiger partial charge in [0.1, 0.15) is 10.7 Å². The highest BCUT2D eigenvalue weighted by atomic mass is 35.5. The number of fused-ring (bicyclic) bond motifs is 1.